The molecule has 172 valence electrons. The normalized spacial score (nSPS) is 19.3. The van der Waals surface area contributed by atoms with Crippen molar-refractivity contribution >= 4 is 17.7 Å². The summed E-state index contributed by atoms with van der Waals surface area (Å²) in [6, 6.07) is 2.91. The molecule has 10 heteroatoms. The number of benzene rings is 1. The number of amides is 2. The molecule has 4 N–H and O–H groups in total. The highest BCUT2D eigenvalue weighted by Crippen LogP contribution is 2.53. The van der Waals surface area contributed by atoms with Gasteiger partial charge in [-0.05, 0) is 64.7 Å². The summed E-state index contributed by atoms with van der Waals surface area (Å²) in [5, 5.41) is 2.94. The molecule has 7 nitrogen and oxygen atoms in total. The molecule has 31 heavy (non-hydrogen) atoms. The largest absolute Gasteiger partial charge is 0.444 e. The van der Waals surface area contributed by atoms with Gasteiger partial charge < -0.3 is 15.0 Å². The van der Waals surface area contributed by atoms with Crippen LogP contribution in [0.4, 0.5) is 23.7 Å². The van der Waals surface area contributed by atoms with E-state index in [1.807, 2.05) is 33.1 Å². The number of ether oxygens (including phenoxy) is 1. The molecule has 2 amide bonds. The van der Waals surface area contributed by atoms with E-state index in [0.29, 0.717) is 13.1 Å². The number of halogens is 3. The second kappa shape index (κ2) is 7.89. The van der Waals surface area contributed by atoms with Gasteiger partial charge >= 0.3 is 12.3 Å². The average molecular weight is 442 g/mol. The highest BCUT2D eigenvalue weighted by Gasteiger charge is 2.55. The molecule has 1 aliphatic heterocycles. The van der Waals surface area contributed by atoms with Crippen LogP contribution in [0, 0.1) is 11.3 Å². The summed E-state index contributed by atoms with van der Waals surface area (Å²) in [6.07, 6.45) is -3.27. The maximum absolute atomic E-state index is 13.4. The van der Waals surface area contributed by atoms with E-state index >= 15 is 0 Å². The molecule has 0 aromatic heterocycles. The number of carbonyl (C=O) groups is 2. The number of nitrogens with one attached hydrogen (secondary N) is 2. The number of nitrogens with two attached hydrogens (primary N) is 1. The molecule has 0 bridgehead atoms. The minimum Gasteiger partial charge on any atom is -0.444 e. The first-order valence-electron chi connectivity index (χ1n) is 10.2. The maximum Gasteiger partial charge on any atom is 0.418 e. The summed E-state index contributed by atoms with van der Waals surface area (Å²) < 4.78 is 45.6. The van der Waals surface area contributed by atoms with Crippen molar-refractivity contribution in [2.24, 2.45) is 17.2 Å². The van der Waals surface area contributed by atoms with E-state index in [-0.39, 0.29) is 34.7 Å². The number of anilines is 1. The van der Waals surface area contributed by atoms with E-state index in [1.165, 1.54) is 6.07 Å². The van der Waals surface area contributed by atoms with Crippen LogP contribution in [-0.2, 0) is 10.9 Å². The van der Waals surface area contributed by atoms with Crippen LogP contribution in [0.1, 0.15) is 56.5 Å². The number of hydrogen-bond acceptors (Lipinski definition) is 5. The Balaban J connectivity index is 1.61. The van der Waals surface area contributed by atoms with E-state index in [9.17, 15) is 22.8 Å². The zero-order chi connectivity index (χ0) is 23.2. The predicted octanol–water partition coefficient (Wildman–Crippen LogP) is 3.76. The lowest BCUT2D eigenvalue weighted by Crippen LogP contribution is -2.65. The summed E-state index contributed by atoms with van der Waals surface area (Å²) in [7, 11) is 0. The van der Waals surface area contributed by atoms with Crippen LogP contribution in [0.2, 0.25) is 0 Å². The van der Waals surface area contributed by atoms with Gasteiger partial charge in [-0.3, -0.25) is 10.2 Å². The van der Waals surface area contributed by atoms with Crippen molar-refractivity contribution in [3.05, 3.63) is 29.3 Å². The van der Waals surface area contributed by atoms with Gasteiger partial charge in [0.05, 0.1) is 5.56 Å². The summed E-state index contributed by atoms with van der Waals surface area (Å²) in [5.41, 5.74) is 0.463. The molecule has 1 aromatic carbocycles. The molecule has 2 fully saturated rings. The fourth-order valence-electron chi connectivity index (χ4n) is 4.38. The van der Waals surface area contributed by atoms with Gasteiger partial charge in [-0.1, -0.05) is 0 Å². The van der Waals surface area contributed by atoms with Crippen molar-refractivity contribution in [2.75, 3.05) is 18.4 Å². The first-order valence-corrected chi connectivity index (χ1v) is 10.2. The third kappa shape index (κ3) is 5.06. The van der Waals surface area contributed by atoms with Crippen LogP contribution in [0.25, 0.3) is 0 Å². The van der Waals surface area contributed by atoms with Gasteiger partial charge in [0.25, 0.3) is 5.91 Å². The number of hydrazine groups is 1. The first-order chi connectivity index (χ1) is 14.2. The van der Waals surface area contributed by atoms with Gasteiger partial charge in [-0.2, -0.15) is 13.2 Å². The predicted molar refractivity (Wildman–Crippen MR) is 109 cm³/mol. The van der Waals surface area contributed by atoms with Crippen LogP contribution < -0.4 is 16.6 Å². The molecule has 1 heterocycles. The van der Waals surface area contributed by atoms with Gasteiger partial charge in [0.15, 0.2) is 0 Å². The second-order valence-electron chi connectivity index (χ2n) is 9.67. The quantitative estimate of drug-likeness (QED) is 0.375. The molecule has 1 saturated carbocycles. The van der Waals surface area contributed by atoms with Crippen LogP contribution in [-0.4, -0.2) is 41.6 Å². The number of nitrogen functional groups attached to an aromatic ring is 1. The van der Waals surface area contributed by atoms with E-state index in [1.54, 1.807) is 4.90 Å². The Bertz CT molecular complexity index is 852. The first kappa shape index (κ1) is 23.2. The topological polar surface area (TPSA) is 96.7 Å². The van der Waals surface area contributed by atoms with Gasteiger partial charge in [-0.15, -0.1) is 0 Å². The van der Waals surface area contributed by atoms with E-state index in [4.69, 9.17) is 10.6 Å². The van der Waals surface area contributed by atoms with Crippen molar-refractivity contribution in [1.82, 2.24) is 10.3 Å². The second-order valence-corrected chi connectivity index (χ2v) is 9.67. The third-order valence-corrected chi connectivity index (χ3v) is 5.90. The van der Waals surface area contributed by atoms with E-state index < -0.39 is 23.2 Å². The number of rotatable bonds is 4. The lowest BCUT2D eigenvalue weighted by Gasteiger charge is -2.60. The smallest absolute Gasteiger partial charge is 0.418 e. The molecule has 2 aliphatic rings. The highest BCUT2D eigenvalue weighted by atomic mass is 19.4. The molecular weight excluding hydrogens is 413 g/mol. The Kier molecular flexibility index (Phi) is 5.90. The van der Waals surface area contributed by atoms with Gasteiger partial charge in [0.1, 0.15) is 5.60 Å². The fraction of sp³-hybridized carbons (Fsp3) is 0.619. The van der Waals surface area contributed by atoms with Gasteiger partial charge in [0, 0.05) is 35.8 Å². The Morgan fingerprint density at radius 1 is 1.23 bits per heavy atom. The van der Waals surface area contributed by atoms with Crippen molar-refractivity contribution < 1.29 is 27.5 Å². The number of nitrogens with zero attached hydrogens (tertiary/aromatic N) is 1. The Labute approximate surface area is 179 Å². The molecule has 1 saturated heterocycles. The number of carbonyl (C=O) groups excluding carboxylic acids is 2. The number of likely N-dealkylation sites (tertiary alicyclic amines) is 1. The van der Waals surface area contributed by atoms with Gasteiger partial charge in [-0.25, -0.2) is 10.6 Å². The lowest BCUT2D eigenvalue weighted by molar-refractivity contribution is -0.137. The summed E-state index contributed by atoms with van der Waals surface area (Å²) in [4.78, 5) is 25.5. The van der Waals surface area contributed by atoms with Crippen LogP contribution >= 0.6 is 0 Å². The third-order valence-electron chi connectivity index (χ3n) is 5.90. The minimum atomic E-state index is -4.55. The Morgan fingerprint density at radius 2 is 1.84 bits per heavy atom. The van der Waals surface area contributed by atoms with Crippen molar-refractivity contribution in [2.45, 2.75) is 58.4 Å². The average Bonchev–Trinajstić information content (AvgIpc) is 2.55. The standard InChI is InChI=1S/C21H29F3N4O3/c1-12(14-8-20(9-14)10-28(11-20)18(30)31-19(2,3)4)26-16-7-13(17(29)27-25)5-6-15(16)21(22,23)24/h5-7,12,14,26H,8-11,25H2,1-4H3,(H,27,29)/t12-/m0/s1. The molecule has 1 atom stereocenters. The van der Waals surface area contributed by atoms with Crippen LogP contribution in [0.5, 0.6) is 0 Å². The summed E-state index contributed by atoms with van der Waals surface area (Å²) >= 11 is 0. The minimum absolute atomic E-state index is 0.0195. The maximum atomic E-state index is 13.4. The van der Waals surface area contributed by atoms with E-state index in [2.05, 4.69) is 5.32 Å². The molecule has 1 spiro atoms. The Morgan fingerprint density at radius 3 is 2.35 bits per heavy atom. The molecule has 0 radical (unpaired) electrons. The SMILES string of the molecule is C[C@H](Nc1cc(C(=O)NN)ccc1C(F)(F)F)C1CC2(C1)CN(C(=O)OC(C)(C)C)C2. The number of hydrogen-bond donors (Lipinski definition) is 3. The molecule has 0 unspecified atom stereocenters. The Hall–Kier alpha value is -2.49. The fourth-order valence-corrected chi connectivity index (χ4v) is 4.38. The lowest BCUT2D eigenvalue weighted by atomic mass is 9.56. The molecule has 1 aromatic rings. The van der Waals surface area contributed by atoms with Crippen LogP contribution in [0.15, 0.2) is 18.2 Å². The molecular formula is C21H29F3N4O3. The monoisotopic (exact) mass is 442 g/mol. The van der Waals surface area contributed by atoms with Crippen molar-refractivity contribution in [3.63, 3.8) is 0 Å². The van der Waals surface area contributed by atoms with Crippen LogP contribution in [0.3, 0.4) is 0 Å². The number of alkyl halides is 3. The molecule has 3 rings (SSSR count). The zero-order valence-electron chi connectivity index (χ0n) is 18.1. The summed E-state index contributed by atoms with van der Waals surface area (Å²) in [5.74, 6) is 4.59. The van der Waals surface area contributed by atoms with E-state index in [0.717, 1.165) is 25.0 Å². The summed E-state index contributed by atoms with van der Waals surface area (Å²) in [6.45, 7) is 8.48. The van der Waals surface area contributed by atoms with Crippen molar-refractivity contribution in [3.8, 4) is 0 Å². The highest BCUT2D eigenvalue weighted by molar-refractivity contribution is 5.95. The molecule has 1 aliphatic carbocycles. The zero-order valence-corrected chi connectivity index (χ0v) is 18.1. The van der Waals surface area contributed by atoms with Crippen molar-refractivity contribution in [1.29, 1.82) is 0 Å². The van der Waals surface area contributed by atoms with Gasteiger partial charge in [0.2, 0.25) is 0 Å².